The van der Waals surface area contributed by atoms with Gasteiger partial charge in [0.05, 0.1) is 11.9 Å². The molecule has 7 heteroatoms. The maximum absolute atomic E-state index is 11.8. The van der Waals surface area contributed by atoms with Crippen LogP contribution in [-0.4, -0.2) is 30.3 Å². The van der Waals surface area contributed by atoms with Gasteiger partial charge >= 0.3 is 0 Å². The number of nitrogens with one attached hydrogen (secondary N) is 1. The molecular formula is C14H14N6O. The molecule has 1 amide bonds. The second-order valence-corrected chi connectivity index (χ2v) is 5.28. The number of pyridine rings is 1. The number of aromatic nitrogens is 5. The van der Waals surface area contributed by atoms with Crippen LogP contribution in [0.3, 0.4) is 0 Å². The number of aryl methyl sites for hydroxylation is 1. The van der Waals surface area contributed by atoms with Crippen molar-refractivity contribution in [2.24, 2.45) is 13.0 Å². The monoisotopic (exact) mass is 282 g/mol. The van der Waals surface area contributed by atoms with E-state index in [1.165, 1.54) is 0 Å². The van der Waals surface area contributed by atoms with Crippen LogP contribution >= 0.6 is 0 Å². The maximum atomic E-state index is 11.8. The molecule has 3 heterocycles. The lowest BCUT2D eigenvalue weighted by Gasteiger charge is -2.00. The Kier molecular flexibility index (Phi) is 2.53. The molecule has 0 aromatic carbocycles. The molecule has 0 atom stereocenters. The van der Waals surface area contributed by atoms with Gasteiger partial charge in [-0.2, -0.15) is 10.1 Å². The molecule has 21 heavy (non-hydrogen) atoms. The third kappa shape index (κ3) is 2.16. The summed E-state index contributed by atoms with van der Waals surface area (Å²) >= 11 is 0. The highest BCUT2D eigenvalue weighted by atomic mass is 16.2. The van der Waals surface area contributed by atoms with E-state index in [-0.39, 0.29) is 11.8 Å². The lowest BCUT2D eigenvalue weighted by molar-refractivity contribution is -0.117. The zero-order valence-electron chi connectivity index (χ0n) is 11.5. The van der Waals surface area contributed by atoms with Crippen molar-refractivity contribution in [1.29, 1.82) is 0 Å². The number of hydrogen-bond acceptors (Lipinski definition) is 4. The highest BCUT2D eigenvalue weighted by Crippen LogP contribution is 2.30. The van der Waals surface area contributed by atoms with Crippen molar-refractivity contribution in [3.8, 4) is 11.3 Å². The molecule has 106 valence electrons. The Hall–Kier alpha value is -2.70. The molecule has 3 aromatic heterocycles. The number of nitrogens with zero attached hydrogens (tertiary/aromatic N) is 5. The number of amides is 1. The number of hydrogen-bond donors (Lipinski definition) is 1. The van der Waals surface area contributed by atoms with E-state index in [0.717, 1.165) is 24.1 Å². The molecular weight excluding hydrogens is 268 g/mol. The first kappa shape index (κ1) is 12.1. The second-order valence-electron chi connectivity index (χ2n) is 5.28. The fourth-order valence-corrected chi connectivity index (χ4v) is 2.29. The van der Waals surface area contributed by atoms with Crippen LogP contribution in [0.15, 0.2) is 30.6 Å². The van der Waals surface area contributed by atoms with Crippen LogP contribution in [0.2, 0.25) is 0 Å². The van der Waals surface area contributed by atoms with Crippen LogP contribution in [-0.2, 0) is 11.8 Å². The zero-order chi connectivity index (χ0) is 14.4. The number of carbonyl (C=O) groups excluding carboxylic acids is 1. The molecule has 0 bridgehead atoms. The summed E-state index contributed by atoms with van der Waals surface area (Å²) in [5, 5.41) is 11.3. The Bertz CT molecular complexity index is 829. The molecule has 7 nitrogen and oxygen atoms in total. The third-order valence-electron chi connectivity index (χ3n) is 3.54. The van der Waals surface area contributed by atoms with Gasteiger partial charge in [-0.25, -0.2) is 4.52 Å². The number of fused-ring (bicyclic) bond motifs is 1. The fraction of sp³-hybridized carbons (Fsp3) is 0.286. The number of rotatable bonds is 3. The summed E-state index contributed by atoms with van der Waals surface area (Å²) in [6, 6.07) is 5.73. The summed E-state index contributed by atoms with van der Waals surface area (Å²) in [4.78, 5) is 16.1. The second kappa shape index (κ2) is 4.41. The van der Waals surface area contributed by atoms with Crippen molar-refractivity contribution in [1.82, 2.24) is 24.4 Å². The minimum Gasteiger partial charge on any atom is -0.293 e. The smallest absolute Gasteiger partial charge is 0.249 e. The van der Waals surface area contributed by atoms with E-state index < -0.39 is 0 Å². The van der Waals surface area contributed by atoms with E-state index in [4.69, 9.17) is 0 Å². The summed E-state index contributed by atoms with van der Waals surface area (Å²) in [5.41, 5.74) is 2.54. The Morgan fingerprint density at radius 1 is 1.38 bits per heavy atom. The maximum Gasteiger partial charge on any atom is 0.249 e. The van der Waals surface area contributed by atoms with E-state index in [1.807, 2.05) is 31.4 Å². The fourth-order valence-electron chi connectivity index (χ4n) is 2.29. The highest BCUT2D eigenvalue weighted by molar-refractivity contribution is 5.92. The SMILES string of the molecule is Cn1cc(-c2cccc3nc(NC(=O)C4CC4)nn23)cn1. The van der Waals surface area contributed by atoms with Gasteiger partial charge in [-0.1, -0.05) is 6.07 Å². The quantitative estimate of drug-likeness (QED) is 0.789. The predicted octanol–water partition coefficient (Wildman–Crippen LogP) is 1.48. The first-order valence-corrected chi connectivity index (χ1v) is 6.86. The molecule has 1 aliphatic carbocycles. The van der Waals surface area contributed by atoms with Crippen LogP contribution in [0, 0.1) is 5.92 Å². The summed E-state index contributed by atoms with van der Waals surface area (Å²) in [6.07, 6.45) is 5.61. The summed E-state index contributed by atoms with van der Waals surface area (Å²) in [5.74, 6) is 0.492. The van der Waals surface area contributed by atoms with Crippen LogP contribution in [0.1, 0.15) is 12.8 Å². The van der Waals surface area contributed by atoms with Gasteiger partial charge in [-0.3, -0.25) is 14.8 Å². The van der Waals surface area contributed by atoms with Gasteiger partial charge < -0.3 is 0 Å². The van der Waals surface area contributed by atoms with Crippen molar-refractivity contribution in [3.05, 3.63) is 30.6 Å². The summed E-state index contributed by atoms with van der Waals surface area (Å²) < 4.78 is 3.46. The van der Waals surface area contributed by atoms with Crippen molar-refractivity contribution < 1.29 is 4.79 Å². The minimum atomic E-state index is 0.00818. The molecule has 1 aliphatic rings. The standard InChI is InChI=1S/C14H14N6O/c1-19-8-10(7-15-19)11-3-2-4-12-16-14(18-20(11)12)17-13(21)9-5-6-9/h2-4,7-9H,5-6H2,1H3,(H,17,18,21). The molecule has 4 rings (SSSR count). The lowest BCUT2D eigenvalue weighted by atomic mass is 10.2. The Labute approximate surface area is 120 Å². The van der Waals surface area contributed by atoms with E-state index in [9.17, 15) is 4.79 Å². The van der Waals surface area contributed by atoms with Gasteiger partial charge in [0.15, 0.2) is 5.65 Å². The minimum absolute atomic E-state index is 0.00818. The van der Waals surface area contributed by atoms with Crippen molar-refractivity contribution in [2.45, 2.75) is 12.8 Å². The molecule has 0 unspecified atom stereocenters. The van der Waals surface area contributed by atoms with Crippen LogP contribution < -0.4 is 5.32 Å². The van der Waals surface area contributed by atoms with Crippen LogP contribution in [0.4, 0.5) is 5.95 Å². The van der Waals surface area contributed by atoms with Gasteiger partial charge in [-0.05, 0) is 25.0 Å². The Morgan fingerprint density at radius 3 is 2.95 bits per heavy atom. The Balaban J connectivity index is 1.74. The first-order valence-electron chi connectivity index (χ1n) is 6.86. The number of anilines is 1. The molecule has 0 aliphatic heterocycles. The Morgan fingerprint density at radius 2 is 2.24 bits per heavy atom. The topological polar surface area (TPSA) is 77.1 Å². The molecule has 1 saturated carbocycles. The average Bonchev–Trinajstić information content (AvgIpc) is 3.11. The van der Waals surface area contributed by atoms with Gasteiger partial charge in [-0.15, -0.1) is 5.10 Å². The predicted molar refractivity (Wildman–Crippen MR) is 76.5 cm³/mol. The summed E-state index contributed by atoms with van der Waals surface area (Å²) in [7, 11) is 1.87. The average molecular weight is 282 g/mol. The zero-order valence-corrected chi connectivity index (χ0v) is 11.5. The third-order valence-corrected chi connectivity index (χ3v) is 3.54. The molecule has 1 N–H and O–H groups in total. The highest BCUT2D eigenvalue weighted by Gasteiger charge is 2.30. The van der Waals surface area contributed by atoms with E-state index in [2.05, 4.69) is 20.5 Å². The van der Waals surface area contributed by atoms with Crippen LogP contribution in [0.25, 0.3) is 16.9 Å². The van der Waals surface area contributed by atoms with E-state index in [1.54, 1.807) is 15.4 Å². The molecule has 1 fully saturated rings. The van der Waals surface area contributed by atoms with Gasteiger partial charge in [0.25, 0.3) is 0 Å². The first-order chi connectivity index (χ1) is 10.2. The van der Waals surface area contributed by atoms with Gasteiger partial charge in [0.2, 0.25) is 11.9 Å². The van der Waals surface area contributed by atoms with Crippen molar-refractivity contribution in [2.75, 3.05) is 5.32 Å². The summed E-state index contributed by atoms with van der Waals surface area (Å²) in [6.45, 7) is 0. The van der Waals surface area contributed by atoms with Gasteiger partial charge in [0, 0.05) is 24.7 Å². The largest absolute Gasteiger partial charge is 0.293 e. The van der Waals surface area contributed by atoms with Gasteiger partial charge in [0.1, 0.15) is 0 Å². The number of carbonyl (C=O) groups is 1. The normalized spacial score (nSPS) is 14.5. The molecule has 0 spiro atoms. The van der Waals surface area contributed by atoms with E-state index in [0.29, 0.717) is 11.6 Å². The van der Waals surface area contributed by atoms with E-state index >= 15 is 0 Å². The van der Waals surface area contributed by atoms with Crippen molar-refractivity contribution in [3.63, 3.8) is 0 Å². The molecule has 3 aromatic rings. The molecule has 0 saturated heterocycles. The lowest BCUT2D eigenvalue weighted by Crippen LogP contribution is -2.14. The van der Waals surface area contributed by atoms with Crippen molar-refractivity contribution >= 4 is 17.5 Å². The van der Waals surface area contributed by atoms with Crippen LogP contribution in [0.5, 0.6) is 0 Å². The molecule has 0 radical (unpaired) electrons.